The second-order valence-corrected chi connectivity index (χ2v) is 6.23. The summed E-state index contributed by atoms with van der Waals surface area (Å²) in [5.41, 5.74) is 0.660. The molecule has 1 fully saturated rings. The molecule has 0 radical (unpaired) electrons. The van der Waals surface area contributed by atoms with Gasteiger partial charge in [-0.3, -0.25) is 14.9 Å². The average Bonchev–Trinajstić information content (AvgIpc) is 2.96. The van der Waals surface area contributed by atoms with Crippen LogP contribution in [0.2, 0.25) is 0 Å². The van der Waals surface area contributed by atoms with Gasteiger partial charge in [0.25, 0.3) is 5.91 Å². The molecule has 2 N–H and O–H groups in total. The molecule has 1 saturated heterocycles. The van der Waals surface area contributed by atoms with Crippen molar-refractivity contribution in [1.82, 2.24) is 15.1 Å². The van der Waals surface area contributed by atoms with Gasteiger partial charge < -0.3 is 19.9 Å². The van der Waals surface area contributed by atoms with E-state index in [4.69, 9.17) is 4.74 Å². The van der Waals surface area contributed by atoms with Gasteiger partial charge in [0.2, 0.25) is 11.9 Å². The van der Waals surface area contributed by atoms with E-state index in [0.29, 0.717) is 11.6 Å². The highest BCUT2D eigenvalue weighted by Crippen LogP contribution is 2.16. The molecule has 2 aliphatic heterocycles. The van der Waals surface area contributed by atoms with E-state index in [1.807, 2.05) is 0 Å². The van der Waals surface area contributed by atoms with Gasteiger partial charge in [-0.25, -0.2) is 4.99 Å². The molecule has 2 amide bonds. The van der Waals surface area contributed by atoms with Crippen molar-refractivity contribution in [3.05, 3.63) is 24.3 Å². The zero-order valence-electron chi connectivity index (χ0n) is 14.5. The van der Waals surface area contributed by atoms with Gasteiger partial charge in [0.15, 0.2) is 0 Å². The van der Waals surface area contributed by atoms with E-state index in [1.54, 1.807) is 31.4 Å². The lowest BCUT2D eigenvalue weighted by Crippen LogP contribution is -2.50. The van der Waals surface area contributed by atoms with Gasteiger partial charge in [0.05, 0.1) is 13.5 Å². The van der Waals surface area contributed by atoms with E-state index in [9.17, 15) is 9.59 Å². The molecular weight excluding hydrogens is 322 g/mol. The molecule has 2 heterocycles. The molecule has 1 atom stereocenters. The monoisotopic (exact) mass is 345 g/mol. The Balaban J connectivity index is 1.56. The zero-order chi connectivity index (χ0) is 17.8. The highest BCUT2D eigenvalue weighted by Gasteiger charge is 2.31. The first-order valence-corrected chi connectivity index (χ1v) is 8.31. The molecule has 1 aromatic carbocycles. The number of benzene rings is 1. The number of aliphatic imine (C=N–C) groups is 1. The highest BCUT2D eigenvalue weighted by molar-refractivity contribution is 6.07. The first-order chi connectivity index (χ1) is 12.0. The van der Waals surface area contributed by atoms with Crippen molar-refractivity contribution < 1.29 is 14.3 Å². The molecule has 0 unspecified atom stereocenters. The number of hydrogen-bond acceptors (Lipinski definition) is 6. The van der Waals surface area contributed by atoms with E-state index < -0.39 is 6.04 Å². The summed E-state index contributed by atoms with van der Waals surface area (Å²) in [6.07, 6.45) is 0.0229. The Morgan fingerprint density at radius 3 is 2.60 bits per heavy atom. The predicted octanol–water partition coefficient (Wildman–Crippen LogP) is 0.126. The first kappa shape index (κ1) is 17.2. The molecule has 8 heteroatoms. The Kier molecular flexibility index (Phi) is 5.18. The molecule has 134 valence electrons. The topological polar surface area (TPSA) is 86.3 Å². The van der Waals surface area contributed by atoms with Crippen molar-refractivity contribution in [2.24, 2.45) is 4.99 Å². The van der Waals surface area contributed by atoms with Gasteiger partial charge in [0.1, 0.15) is 11.8 Å². The number of methoxy groups -OCH3 is 1. The summed E-state index contributed by atoms with van der Waals surface area (Å²) in [6.45, 7) is 3.50. The van der Waals surface area contributed by atoms with Crippen molar-refractivity contribution in [1.29, 1.82) is 0 Å². The number of guanidine groups is 1. The van der Waals surface area contributed by atoms with Gasteiger partial charge in [-0.15, -0.1) is 0 Å². The van der Waals surface area contributed by atoms with Crippen LogP contribution in [0.15, 0.2) is 29.3 Å². The number of carbonyl (C=O) groups is 2. The van der Waals surface area contributed by atoms with Crippen molar-refractivity contribution in [2.75, 3.05) is 45.7 Å². The summed E-state index contributed by atoms with van der Waals surface area (Å²) >= 11 is 0. The summed E-state index contributed by atoms with van der Waals surface area (Å²) < 4.78 is 5.08. The quantitative estimate of drug-likeness (QED) is 0.810. The SMILES string of the molecule is COc1ccc(NC(=O)C[C@H]2N=C(N3CCN(C)CC3)NC2=O)cc1. The lowest BCUT2D eigenvalue weighted by atomic mass is 10.2. The molecule has 0 spiro atoms. The van der Waals surface area contributed by atoms with Gasteiger partial charge in [0, 0.05) is 31.9 Å². The normalized spacial score (nSPS) is 20.9. The van der Waals surface area contributed by atoms with Gasteiger partial charge in [-0.1, -0.05) is 0 Å². The number of nitrogens with one attached hydrogen (secondary N) is 2. The number of amides is 2. The molecule has 25 heavy (non-hydrogen) atoms. The molecule has 0 bridgehead atoms. The minimum atomic E-state index is -0.673. The fraction of sp³-hybridized carbons (Fsp3) is 0.471. The molecule has 1 aromatic rings. The number of ether oxygens (including phenoxy) is 1. The second-order valence-electron chi connectivity index (χ2n) is 6.23. The third-order valence-corrected chi connectivity index (χ3v) is 4.37. The number of piperazine rings is 1. The Morgan fingerprint density at radius 1 is 1.28 bits per heavy atom. The number of nitrogens with zero attached hydrogens (tertiary/aromatic N) is 3. The van der Waals surface area contributed by atoms with E-state index in [0.717, 1.165) is 31.9 Å². The van der Waals surface area contributed by atoms with Crippen LogP contribution in [0.3, 0.4) is 0 Å². The Morgan fingerprint density at radius 2 is 1.96 bits per heavy atom. The maximum Gasteiger partial charge on any atom is 0.252 e. The van der Waals surface area contributed by atoms with Crippen LogP contribution in [0, 0.1) is 0 Å². The molecule has 0 saturated carbocycles. The average molecular weight is 345 g/mol. The number of anilines is 1. The Labute approximate surface area is 146 Å². The Bertz CT molecular complexity index is 665. The van der Waals surface area contributed by atoms with Crippen LogP contribution in [0.25, 0.3) is 0 Å². The number of likely N-dealkylation sites (N-methyl/N-ethyl adjacent to an activating group) is 1. The van der Waals surface area contributed by atoms with E-state index >= 15 is 0 Å². The lowest BCUT2D eigenvalue weighted by molar-refractivity contribution is -0.124. The lowest BCUT2D eigenvalue weighted by Gasteiger charge is -2.33. The second kappa shape index (κ2) is 7.52. The summed E-state index contributed by atoms with van der Waals surface area (Å²) in [6, 6.07) is 6.37. The molecule has 2 aliphatic rings. The zero-order valence-corrected chi connectivity index (χ0v) is 14.5. The van der Waals surface area contributed by atoms with Crippen LogP contribution in [0.4, 0.5) is 5.69 Å². The van der Waals surface area contributed by atoms with Crippen LogP contribution < -0.4 is 15.4 Å². The summed E-state index contributed by atoms with van der Waals surface area (Å²) in [7, 11) is 3.65. The van der Waals surface area contributed by atoms with Crippen LogP contribution in [0.1, 0.15) is 6.42 Å². The summed E-state index contributed by atoms with van der Waals surface area (Å²) in [5, 5.41) is 5.57. The van der Waals surface area contributed by atoms with Gasteiger partial charge in [-0.2, -0.15) is 0 Å². The Hall–Kier alpha value is -2.61. The van der Waals surface area contributed by atoms with Crippen molar-refractivity contribution in [3.8, 4) is 5.75 Å². The van der Waals surface area contributed by atoms with Crippen molar-refractivity contribution in [3.63, 3.8) is 0 Å². The molecular formula is C17H23N5O3. The standard InChI is InChI=1S/C17H23N5O3/c1-21-7-9-22(10-8-21)17-19-14(16(24)20-17)11-15(23)18-12-3-5-13(25-2)6-4-12/h3-6,14H,7-11H2,1-2H3,(H,18,23)(H,19,20,24)/t14-/m1/s1. The van der Waals surface area contributed by atoms with E-state index in [-0.39, 0.29) is 18.2 Å². The van der Waals surface area contributed by atoms with Crippen LogP contribution in [0.5, 0.6) is 5.75 Å². The van der Waals surface area contributed by atoms with Crippen LogP contribution in [-0.4, -0.2) is 74.0 Å². The van der Waals surface area contributed by atoms with E-state index in [1.165, 1.54) is 0 Å². The highest BCUT2D eigenvalue weighted by atomic mass is 16.5. The number of carbonyl (C=O) groups excluding carboxylic acids is 2. The molecule has 0 aliphatic carbocycles. The fourth-order valence-electron chi connectivity index (χ4n) is 2.81. The molecule has 0 aromatic heterocycles. The maximum absolute atomic E-state index is 12.2. The van der Waals surface area contributed by atoms with Crippen LogP contribution >= 0.6 is 0 Å². The number of hydrogen-bond donors (Lipinski definition) is 2. The van der Waals surface area contributed by atoms with Gasteiger partial charge in [-0.05, 0) is 31.3 Å². The van der Waals surface area contributed by atoms with Crippen LogP contribution in [-0.2, 0) is 9.59 Å². The largest absolute Gasteiger partial charge is 0.497 e. The first-order valence-electron chi connectivity index (χ1n) is 8.31. The number of rotatable bonds is 4. The summed E-state index contributed by atoms with van der Waals surface area (Å²) in [5.74, 6) is 0.836. The minimum absolute atomic E-state index is 0.0229. The van der Waals surface area contributed by atoms with E-state index in [2.05, 4.69) is 32.5 Å². The third-order valence-electron chi connectivity index (χ3n) is 4.37. The van der Waals surface area contributed by atoms with Gasteiger partial charge >= 0.3 is 0 Å². The smallest absolute Gasteiger partial charge is 0.252 e. The maximum atomic E-state index is 12.2. The summed E-state index contributed by atoms with van der Waals surface area (Å²) in [4.78, 5) is 33.0. The molecule has 8 nitrogen and oxygen atoms in total. The van der Waals surface area contributed by atoms with Crippen molar-refractivity contribution >= 4 is 23.5 Å². The molecule has 3 rings (SSSR count). The predicted molar refractivity (Wildman–Crippen MR) is 94.7 cm³/mol. The third kappa shape index (κ3) is 4.27. The van der Waals surface area contributed by atoms with Crippen molar-refractivity contribution in [2.45, 2.75) is 12.5 Å². The fourth-order valence-corrected chi connectivity index (χ4v) is 2.81. The minimum Gasteiger partial charge on any atom is -0.497 e.